The van der Waals surface area contributed by atoms with E-state index < -0.39 is 6.04 Å². The molecule has 138 valence electrons. The normalized spacial score (nSPS) is 11.7. The van der Waals surface area contributed by atoms with Gasteiger partial charge in [0.25, 0.3) is 0 Å². The van der Waals surface area contributed by atoms with Crippen molar-refractivity contribution in [2.45, 2.75) is 24.5 Å². The van der Waals surface area contributed by atoms with Gasteiger partial charge in [-0.3, -0.25) is 9.59 Å². The number of hydrogen-bond donors (Lipinski definition) is 1. The summed E-state index contributed by atoms with van der Waals surface area (Å²) < 4.78 is 1.57. The number of rotatable bonds is 8. The van der Waals surface area contributed by atoms with E-state index in [2.05, 4.69) is 20.8 Å². The fourth-order valence-electron chi connectivity index (χ4n) is 2.51. The summed E-state index contributed by atoms with van der Waals surface area (Å²) in [5, 5.41) is 14.9. The molecule has 0 saturated heterocycles. The Morgan fingerprint density at radius 3 is 2.41 bits per heavy atom. The Balaban J connectivity index is 1.59. The molecule has 0 aliphatic heterocycles. The molecule has 0 saturated carbocycles. The highest BCUT2D eigenvalue weighted by Crippen LogP contribution is 2.17. The maximum absolute atomic E-state index is 12.3. The van der Waals surface area contributed by atoms with Crippen molar-refractivity contribution in [3.8, 4) is 5.69 Å². The standard InChI is InChI=1S/C19H19N5O2S/c1-14(25)17(12-15-8-4-2-5-9-15)20-18(26)13-27-19-21-22-23-24(19)16-10-6-3-7-11-16/h2-11,17H,12-13H2,1H3,(H,20,26)/t17-/m0/s1. The van der Waals surface area contributed by atoms with Crippen molar-refractivity contribution in [1.29, 1.82) is 0 Å². The summed E-state index contributed by atoms with van der Waals surface area (Å²) in [6.45, 7) is 1.48. The van der Waals surface area contributed by atoms with Crippen LogP contribution in [0.5, 0.6) is 0 Å². The van der Waals surface area contributed by atoms with Crippen LogP contribution in [-0.4, -0.2) is 43.7 Å². The molecule has 1 amide bonds. The number of aromatic nitrogens is 4. The SMILES string of the molecule is CC(=O)[C@H](Cc1ccccc1)NC(=O)CSc1nnnn1-c1ccccc1. The van der Waals surface area contributed by atoms with Crippen LogP contribution in [0, 0.1) is 0 Å². The number of ketones is 1. The molecule has 1 atom stereocenters. The maximum Gasteiger partial charge on any atom is 0.231 e. The topological polar surface area (TPSA) is 89.8 Å². The Kier molecular flexibility index (Phi) is 6.32. The van der Waals surface area contributed by atoms with Gasteiger partial charge in [-0.2, -0.15) is 4.68 Å². The zero-order valence-electron chi connectivity index (χ0n) is 14.8. The number of benzene rings is 2. The molecule has 0 spiro atoms. The highest BCUT2D eigenvalue weighted by Gasteiger charge is 2.18. The summed E-state index contributed by atoms with van der Waals surface area (Å²) in [5.74, 6) is -0.198. The molecule has 0 bridgehead atoms. The van der Waals surface area contributed by atoms with Gasteiger partial charge in [-0.1, -0.05) is 60.3 Å². The van der Waals surface area contributed by atoms with E-state index in [1.165, 1.54) is 18.7 Å². The quantitative estimate of drug-likeness (QED) is 0.601. The summed E-state index contributed by atoms with van der Waals surface area (Å²) in [6, 6.07) is 18.5. The third-order valence-corrected chi connectivity index (χ3v) is 4.80. The second-order valence-corrected chi connectivity index (χ2v) is 6.86. The Labute approximate surface area is 161 Å². The highest BCUT2D eigenvalue weighted by molar-refractivity contribution is 7.99. The number of nitrogens with zero attached hydrogens (tertiary/aromatic N) is 4. The molecular weight excluding hydrogens is 362 g/mol. The van der Waals surface area contributed by atoms with Crippen LogP contribution in [0.15, 0.2) is 65.8 Å². The van der Waals surface area contributed by atoms with Gasteiger partial charge in [-0.25, -0.2) is 0 Å². The summed E-state index contributed by atoms with van der Waals surface area (Å²) in [4.78, 5) is 24.2. The first-order valence-electron chi connectivity index (χ1n) is 8.44. The first kappa shape index (κ1) is 18.8. The Morgan fingerprint density at radius 2 is 1.74 bits per heavy atom. The highest BCUT2D eigenvalue weighted by atomic mass is 32.2. The van der Waals surface area contributed by atoms with Crippen molar-refractivity contribution in [3.05, 3.63) is 66.2 Å². The van der Waals surface area contributed by atoms with Crippen molar-refractivity contribution < 1.29 is 9.59 Å². The van der Waals surface area contributed by atoms with Crippen LogP contribution in [0.4, 0.5) is 0 Å². The molecule has 0 fully saturated rings. The second kappa shape index (κ2) is 9.09. The van der Waals surface area contributed by atoms with E-state index in [-0.39, 0.29) is 17.4 Å². The number of thioether (sulfide) groups is 1. The van der Waals surface area contributed by atoms with Crippen LogP contribution in [0.1, 0.15) is 12.5 Å². The molecule has 1 N–H and O–H groups in total. The first-order chi connectivity index (χ1) is 13.1. The van der Waals surface area contributed by atoms with Crippen molar-refractivity contribution in [3.63, 3.8) is 0 Å². The minimum atomic E-state index is -0.550. The van der Waals surface area contributed by atoms with Crippen molar-refractivity contribution in [2.24, 2.45) is 0 Å². The van der Waals surface area contributed by atoms with Gasteiger partial charge in [0.05, 0.1) is 17.5 Å². The number of carbonyl (C=O) groups is 2. The fraction of sp³-hybridized carbons (Fsp3) is 0.211. The molecule has 1 heterocycles. The lowest BCUT2D eigenvalue weighted by Gasteiger charge is -2.16. The van der Waals surface area contributed by atoms with Gasteiger partial charge in [-0.05, 0) is 41.5 Å². The number of para-hydroxylation sites is 1. The van der Waals surface area contributed by atoms with E-state index in [1.807, 2.05) is 60.7 Å². The lowest BCUT2D eigenvalue weighted by atomic mass is 10.0. The molecule has 3 aromatic rings. The van der Waals surface area contributed by atoms with Gasteiger partial charge in [0, 0.05) is 0 Å². The molecular formula is C19H19N5O2S. The molecule has 7 nitrogen and oxygen atoms in total. The van der Waals surface area contributed by atoms with Gasteiger partial charge in [0.2, 0.25) is 11.1 Å². The summed E-state index contributed by atoms with van der Waals surface area (Å²) in [7, 11) is 0. The maximum atomic E-state index is 12.3. The molecule has 0 unspecified atom stereocenters. The summed E-state index contributed by atoms with van der Waals surface area (Å²) in [5.41, 5.74) is 1.81. The Morgan fingerprint density at radius 1 is 1.07 bits per heavy atom. The van der Waals surface area contributed by atoms with E-state index in [0.29, 0.717) is 11.6 Å². The molecule has 0 radical (unpaired) electrons. The van der Waals surface area contributed by atoms with Crippen molar-refractivity contribution in [2.75, 3.05) is 5.75 Å². The third kappa shape index (κ3) is 5.24. The average Bonchev–Trinajstić information content (AvgIpc) is 3.16. The molecule has 1 aromatic heterocycles. The minimum absolute atomic E-state index is 0.0775. The van der Waals surface area contributed by atoms with Crippen LogP contribution in [0.2, 0.25) is 0 Å². The monoisotopic (exact) mass is 381 g/mol. The van der Waals surface area contributed by atoms with Gasteiger partial charge in [0.1, 0.15) is 0 Å². The number of hydrogen-bond acceptors (Lipinski definition) is 6. The molecule has 3 rings (SSSR count). The van der Waals surface area contributed by atoms with Crippen LogP contribution in [0.3, 0.4) is 0 Å². The van der Waals surface area contributed by atoms with Gasteiger partial charge >= 0.3 is 0 Å². The smallest absolute Gasteiger partial charge is 0.231 e. The predicted octanol–water partition coefficient (Wildman–Crippen LogP) is 2.07. The van der Waals surface area contributed by atoms with Crippen molar-refractivity contribution in [1.82, 2.24) is 25.5 Å². The number of amides is 1. The lowest BCUT2D eigenvalue weighted by Crippen LogP contribution is -2.42. The minimum Gasteiger partial charge on any atom is -0.345 e. The van der Waals surface area contributed by atoms with Crippen LogP contribution >= 0.6 is 11.8 Å². The van der Waals surface area contributed by atoms with E-state index in [0.717, 1.165) is 11.3 Å². The average molecular weight is 381 g/mol. The predicted molar refractivity (Wildman–Crippen MR) is 103 cm³/mol. The van der Waals surface area contributed by atoms with E-state index >= 15 is 0 Å². The lowest BCUT2D eigenvalue weighted by molar-refractivity contribution is -0.125. The Bertz CT molecular complexity index is 899. The second-order valence-electron chi connectivity index (χ2n) is 5.92. The molecule has 8 heteroatoms. The van der Waals surface area contributed by atoms with E-state index in [1.54, 1.807) is 4.68 Å². The Hall–Kier alpha value is -3.00. The summed E-state index contributed by atoms with van der Waals surface area (Å²) in [6.07, 6.45) is 0.467. The number of tetrazole rings is 1. The van der Waals surface area contributed by atoms with Crippen LogP contribution < -0.4 is 5.32 Å². The van der Waals surface area contributed by atoms with Crippen molar-refractivity contribution >= 4 is 23.5 Å². The van der Waals surface area contributed by atoms with Gasteiger partial charge in [-0.15, -0.1) is 5.10 Å². The van der Waals surface area contributed by atoms with Crippen LogP contribution in [0.25, 0.3) is 5.69 Å². The van der Waals surface area contributed by atoms with Gasteiger partial charge in [0.15, 0.2) is 5.78 Å². The first-order valence-corrected chi connectivity index (χ1v) is 9.42. The molecule has 27 heavy (non-hydrogen) atoms. The summed E-state index contributed by atoms with van der Waals surface area (Å²) >= 11 is 1.22. The largest absolute Gasteiger partial charge is 0.345 e. The third-order valence-electron chi connectivity index (χ3n) is 3.88. The van der Waals surface area contributed by atoms with Gasteiger partial charge < -0.3 is 5.32 Å². The van der Waals surface area contributed by atoms with Crippen LogP contribution in [-0.2, 0) is 16.0 Å². The fourth-order valence-corrected chi connectivity index (χ4v) is 3.21. The number of Topliss-reactive ketones (excluding diaryl/α,β-unsaturated/α-hetero) is 1. The zero-order valence-corrected chi connectivity index (χ0v) is 15.6. The van der Waals surface area contributed by atoms with E-state index in [4.69, 9.17) is 0 Å². The number of nitrogens with one attached hydrogen (secondary N) is 1. The van der Waals surface area contributed by atoms with E-state index in [9.17, 15) is 9.59 Å². The zero-order chi connectivity index (χ0) is 19.1. The molecule has 2 aromatic carbocycles. The molecule has 0 aliphatic carbocycles. The molecule has 0 aliphatic rings. The number of carbonyl (C=O) groups excluding carboxylic acids is 2.